The third-order valence-corrected chi connectivity index (χ3v) is 4.45. The number of hydrogen-bond acceptors (Lipinski definition) is 3. The number of carbonyl (C=O) groups excluding carboxylic acids is 1. The maximum atomic E-state index is 12.3. The SMILES string of the molecule is CCc1cc(C(=O)Nc2cc(CO)ccc2C)sc1C. The lowest BCUT2D eigenvalue weighted by Crippen LogP contribution is -2.11. The maximum Gasteiger partial charge on any atom is 0.265 e. The smallest absolute Gasteiger partial charge is 0.265 e. The summed E-state index contributed by atoms with van der Waals surface area (Å²) in [5, 5.41) is 12.1. The van der Waals surface area contributed by atoms with Gasteiger partial charge in [-0.3, -0.25) is 4.79 Å². The van der Waals surface area contributed by atoms with Crippen molar-refractivity contribution in [2.24, 2.45) is 0 Å². The first-order valence-corrected chi connectivity index (χ1v) is 7.47. The van der Waals surface area contributed by atoms with Gasteiger partial charge in [-0.1, -0.05) is 19.1 Å². The number of carbonyl (C=O) groups is 1. The Morgan fingerprint density at radius 1 is 1.30 bits per heavy atom. The molecular formula is C16H19NO2S. The number of anilines is 1. The van der Waals surface area contributed by atoms with E-state index in [4.69, 9.17) is 5.11 Å². The van der Waals surface area contributed by atoms with Crippen LogP contribution in [0.2, 0.25) is 0 Å². The van der Waals surface area contributed by atoms with Crippen molar-refractivity contribution < 1.29 is 9.90 Å². The molecule has 106 valence electrons. The topological polar surface area (TPSA) is 49.3 Å². The van der Waals surface area contributed by atoms with Gasteiger partial charge >= 0.3 is 0 Å². The Kier molecular flexibility index (Phi) is 4.57. The molecule has 0 aliphatic carbocycles. The minimum Gasteiger partial charge on any atom is -0.392 e. The molecule has 1 aromatic heterocycles. The van der Waals surface area contributed by atoms with E-state index in [-0.39, 0.29) is 12.5 Å². The molecule has 0 fully saturated rings. The Labute approximate surface area is 123 Å². The van der Waals surface area contributed by atoms with Crippen molar-refractivity contribution in [1.82, 2.24) is 0 Å². The number of aliphatic hydroxyl groups excluding tert-OH is 1. The van der Waals surface area contributed by atoms with Gasteiger partial charge < -0.3 is 10.4 Å². The highest BCUT2D eigenvalue weighted by atomic mass is 32.1. The Hall–Kier alpha value is -1.65. The quantitative estimate of drug-likeness (QED) is 0.902. The van der Waals surface area contributed by atoms with Crippen LogP contribution in [0.25, 0.3) is 0 Å². The van der Waals surface area contributed by atoms with E-state index in [0.717, 1.165) is 28.1 Å². The van der Waals surface area contributed by atoms with Crippen molar-refractivity contribution in [2.45, 2.75) is 33.8 Å². The third kappa shape index (κ3) is 3.08. The summed E-state index contributed by atoms with van der Waals surface area (Å²) in [6.07, 6.45) is 0.939. The number of amides is 1. The van der Waals surface area contributed by atoms with Crippen molar-refractivity contribution in [3.05, 3.63) is 50.7 Å². The fraction of sp³-hybridized carbons (Fsp3) is 0.312. The monoisotopic (exact) mass is 289 g/mol. The highest BCUT2D eigenvalue weighted by Crippen LogP contribution is 2.24. The van der Waals surface area contributed by atoms with E-state index >= 15 is 0 Å². The third-order valence-electron chi connectivity index (χ3n) is 3.36. The average molecular weight is 289 g/mol. The number of aryl methyl sites for hydroxylation is 3. The first kappa shape index (κ1) is 14.8. The minimum absolute atomic E-state index is 0.0265. The number of aliphatic hydroxyl groups is 1. The van der Waals surface area contributed by atoms with Crippen molar-refractivity contribution >= 4 is 22.9 Å². The van der Waals surface area contributed by atoms with Gasteiger partial charge in [0, 0.05) is 10.6 Å². The van der Waals surface area contributed by atoms with Crippen molar-refractivity contribution in [3.63, 3.8) is 0 Å². The molecule has 2 rings (SSSR count). The van der Waals surface area contributed by atoms with Gasteiger partial charge in [-0.2, -0.15) is 0 Å². The van der Waals surface area contributed by atoms with Crippen LogP contribution in [-0.4, -0.2) is 11.0 Å². The predicted molar refractivity (Wildman–Crippen MR) is 83.5 cm³/mol. The van der Waals surface area contributed by atoms with Crippen LogP contribution in [0.4, 0.5) is 5.69 Å². The molecule has 0 unspecified atom stereocenters. The van der Waals surface area contributed by atoms with E-state index in [1.54, 1.807) is 0 Å². The standard InChI is InChI=1S/C16H19NO2S/c1-4-13-8-15(20-11(13)3)16(19)17-14-7-12(9-18)6-5-10(14)2/h5-8,18H,4,9H2,1-3H3,(H,17,19). The van der Waals surface area contributed by atoms with Gasteiger partial charge in [-0.25, -0.2) is 0 Å². The van der Waals surface area contributed by atoms with Crippen LogP contribution >= 0.6 is 11.3 Å². The lowest BCUT2D eigenvalue weighted by Gasteiger charge is -2.09. The van der Waals surface area contributed by atoms with Crippen LogP contribution in [0.3, 0.4) is 0 Å². The van der Waals surface area contributed by atoms with E-state index in [9.17, 15) is 4.79 Å². The van der Waals surface area contributed by atoms with Crippen LogP contribution in [0.5, 0.6) is 0 Å². The van der Waals surface area contributed by atoms with E-state index in [1.165, 1.54) is 21.8 Å². The molecule has 0 spiro atoms. The second-order valence-corrected chi connectivity index (χ2v) is 6.06. The summed E-state index contributed by atoms with van der Waals surface area (Å²) in [5.74, 6) is -0.0870. The summed E-state index contributed by atoms with van der Waals surface area (Å²) in [6.45, 7) is 6.04. The molecule has 0 atom stereocenters. The fourth-order valence-electron chi connectivity index (χ4n) is 2.07. The van der Waals surface area contributed by atoms with Gasteiger partial charge in [0.25, 0.3) is 5.91 Å². The van der Waals surface area contributed by atoms with E-state index in [1.807, 2.05) is 38.1 Å². The van der Waals surface area contributed by atoms with Gasteiger partial charge in [0.05, 0.1) is 11.5 Å². The summed E-state index contributed by atoms with van der Waals surface area (Å²) >= 11 is 1.52. The molecule has 0 saturated heterocycles. The normalized spacial score (nSPS) is 10.6. The van der Waals surface area contributed by atoms with Crippen molar-refractivity contribution in [2.75, 3.05) is 5.32 Å². The Morgan fingerprint density at radius 3 is 2.65 bits per heavy atom. The Bertz CT molecular complexity index is 631. The highest BCUT2D eigenvalue weighted by Gasteiger charge is 2.13. The van der Waals surface area contributed by atoms with Crippen LogP contribution < -0.4 is 5.32 Å². The summed E-state index contributed by atoms with van der Waals surface area (Å²) in [6, 6.07) is 7.53. The molecule has 0 bridgehead atoms. The second-order valence-electron chi connectivity index (χ2n) is 4.81. The molecule has 1 heterocycles. The maximum absolute atomic E-state index is 12.3. The molecule has 4 heteroatoms. The van der Waals surface area contributed by atoms with Crippen LogP contribution in [0.1, 0.15) is 38.2 Å². The molecule has 2 N–H and O–H groups in total. The zero-order chi connectivity index (χ0) is 14.7. The summed E-state index contributed by atoms with van der Waals surface area (Å²) in [7, 11) is 0. The molecule has 0 aliphatic rings. The van der Waals surface area contributed by atoms with Gasteiger partial charge in [0.1, 0.15) is 0 Å². The Morgan fingerprint density at radius 2 is 2.05 bits per heavy atom. The summed E-state index contributed by atoms with van der Waals surface area (Å²) < 4.78 is 0. The molecule has 3 nitrogen and oxygen atoms in total. The molecule has 1 amide bonds. The number of rotatable bonds is 4. The van der Waals surface area contributed by atoms with Gasteiger partial charge in [-0.15, -0.1) is 11.3 Å². The molecule has 0 radical (unpaired) electrons. The number of thiophene rings is 1. The number of nitrogens with one attached hydrogen (secondary N) is 1. The van der Waals surface area contributed by atoms with Crippen LogP contribution in [0.15, 0.2) is 24.3 Å². The molecular weight excluding hydrogens is 270 g/mol. The lowest BCUT2D eigenvalue weighted by molar-refractivity contribution is 0.103. The average Bonchev–Trinajstić information content (AvgIpc) is 2.82. The van der Waals surface area contributed by atoms with Crippen molar-refractivity contribution in [3.8, 4) is 0 Å². The van der Waals surface area contributed by atoms with Gasteiger partial charge in [-0.05, 0) is 49.1 Å². The van der Waals surface area contributed by atoms with Crippen LogP contribution in [0, 0.1) is 13.8 Å². The lowest BCUT2D eigenvalue weighted by atomic mass is 10.1. The molecule has 20 heavy (non-hydrogen) atoms. The number of benzene rings is 1. The van der Waals surface area contributed by atoms with Gasteiger partial charge in [0.2, 0.25) is 0 Å². The van der Waals surface area contributed by atoms with E-state index in [0.29, 0.717) is 0 Å². The fourth-order valence-corrected chi connectivity index (χ4v) is 3.08. The zero-order valence-electron chi connectivity index (χ0n) is 12.0. The van der Waals surface area contributed by atoms with E-state index < -0.39 is 0 Å². The minimum atomic E-state index is -0.0870. The summed E-state index contributed by atoms with van der Waals surface area (Å²) in [4.78, 5) is 14.2. The van der Waals surface area contributed by atoms with Crippen molar-refractivity contribution in [1.29, 1.82) is 0 Å². The van der Waals surface area contributed by atoms with Crippen LogP contribution in [-0.2, 0) is 13.0 Å². The first-order valence-electron chi connectivity index (χ1n) is 6.66. The Balaban J connectivity index is 2.22. The zero-order valence-corrected chi connectivity index (χ0v) is 12.8. The predicted octanol–water partition coefficient (Wildman–Crippen LogP) is 3.67. The molecule has 1 aromatic carbocycles. The summed E-state index contributed by atoms with van der Waals surface area (Å²) in [5.41, 5.74) is 3.76. The van der Waals surface area contributed by atoms with Gasteiger partial charge in [0.15, 0.2) is 0 Å². The molecule has 0 aliphatic heterocycles. The highest BCUT2D eigenvalue weighted by molar-refractivity contribution is 7.14. The van der Waals surface area contributed by atoms with E-state index in [2.05, 4.69) is 12.2 Å². The first-order chi connectivity index (χ1) is 9.55. The molecule has 2 aromatic rings. The second kappa shape index (κ2) is 6.20. The molecule has 0 saturated carbocycles. The number of hydrogen-bond donors (Lipinski definition) is 2. The largest absolute Gasteiger partial charge is 0.392 e.